The summed E-state index contributed by atoms with van der Waals surface area (Å²) in [5, 5.41) is 1.25. The molecule has 0 unspecified atom stereocenters. The van der Waals surface area contributed by atoms with Crippen molar-refractivity contribution < 1.29 is 0 Å². The highest BCUT2D eigenvalue weighted by atomic mass is 14.9. The molecule has 0 saturated carbocycles. The van der Waals surface area contributed by atoms with Crippen LogP contribution in [-0.2, 0) is 0 Å². The second-order valence-electron chi connectivity index (χ2n) is 2.96. The molecule has 1 N–H and O–H groups in total. The lowest BCUT2D eigenvalue weighted by atomic mass is 10.3. The van der Waals surface area contributed by atoms with E-state index in [-0.39, 0.29) is 0 Å². The molecule has 0 aliphatic rings. The first kappa shape index (κ1) is 5.89. The Hall–Kier alpha value is -1.70. The zero-order valence-corrected chi connectivity index (χ0v) is 6.49. The molecule has 12 heavy (non-hydrogen) atoms. The van der Waals surface area contributed by atoms with Crippen LogP contribution in [0.4, 0.5) is 0 Å². The first-order valence-corrected chi connectivity index (χ1v) is 3.97. The van der Waals surface area contributed by atoms with E-state index in [0.29, 0.717) is 0 Å². The van der Waals surface area contributed by atoms with E-state index in [2.05, 4.69) is 40.0 Å². The van der Waals surface area contributed by atoms with E-state index in [9.17, 15) is 0 Å². The molecule has 0 amide bonds. The highest BCUT2D eigenvalue weighted by molar-refractivity contribution is 5.82. The highest BCUT2D eigenvalue weighted by Gasteiger charge is 1.96. The number of rotatable bonds is 0. The molecule has 0 spiro atoms. The Bertz CT molecular complexity index is 440. The number of hydrogen-bond acceptors (Lipinski definition) is 0. The van der Waals surface area contributed by atoms with Crippen LogP contribution in [0.3, 0.4) is 0 Å². The Balaban J connectivity index is 2.62. The van der Waals surface area contributed by atoms with Gasteiger partial charge in [0, 0.05) is 35.0 Å². The van der Waals surface area contributed by atoms with Crippen molar-refractivity contribution in [1.29, 1.82) is 0 Å². The zero-order valence-electron chi connectivity index (χ0n) is 6.49. The molecular weight excluding hydrogens is 148 g/mol. The van der Waals surface area contributed by atoms with Gasteiger partial charge in [-0.1, -0.05) is 0 Å². The van der Waals surface area contributed by atoms with Crippen molar-refractivity contribution in [2.45, 2.75) is 0 Å². The summed E-state index contributed by atoms with van der Waals surface area (Å²) in [7, 11) is 0. The molecule has 0 saturated heterocycles. The fourth-order valence-electron chi connectivity index (χ4n) is 1.58. The summed E-state index contributed by atoms with van der Waals surface area (Å²) in [5.74, 6) is 0. The SMILES string of the molecule is c1cc2cc3[nH]ccc3cn2c1. The molecule has 3 rings (SSSR count). The van der Waals surface area contributed by atoms with Gasteiger partial charge in [0.15, 0.2) is 0 Å². The third-order valence-corrected chi connectivity index (χ3v) is 2.19. The first-order valence-electron chi connectivity index (χ1n) is 3.97. The van der Waals surface area contributed by atoms with Gasteiger partial charge in [-0.15, -0.1) is 0 Å². The fourth-order valence-corrected chi connectivity index (χ4v) is 1.58. The summed E-state index contributed by atoms with van der Waals surface area (Å²) in [5.41, 5.74) is 2.42. The van der Waals surface area contributed by atoms with Gasteiger partial charge in [-0.3, -0.25) is 0 Å². The van der Waals surface area contributed by atoms with Crippen LogP contribution in [0.5, 0.6) is 0 Å². The smallest absolute Gasteiger partial charge is 0.0489 e. The molecule has 2 nitrogen and oxygen atoms in total. The van der Waals surface area contributed by atoms with Gasteiger partial charge >= 0.3 is 0 Å². The lowest BCUT2D eigenvalue weighted by molar-refractivity contribution is 1.22. The Morgan fingerprint density at radius 3 is 3.25 bits per heavy atom. The van der Waals surface area contributed by atoms with Crippen molar-refractivity contribution in [3.8, 4) is 0 Å². The van der Waals surface area contributed by atoms with E-state index >= 15 is 0 Å². The molecule has 0 aromatic carbocycles. The normalized spacial score (nSPS) is 11.3. The minimum absolute atomic E-state index is 1.20. The molecule has 3 aromatic rings. The average Bonchev–Trinajstić information content (AvgIpc) is 2.64. The maximum atomic E-state index is 3.19. The van der Waals surface area contributed by atoms with Crippen molar-refractivity contribution in [2.24, 2.45) is 0 Å². The third-order valence-electron chi connectivity index (χ3n) is 2.19. The van der Waals surface area contributed by atoms with E-state index in [4.69, 9.17) is 0 Å². The van der Waals surface area contributed by atoms with Gasteiger partial charge in [0.25, 0.3) is 0 Å². The lowest BCUT2D eigenvalue weighted by Gasteiger charge is -1.94. The number of hydrogen-bond donors (Lipinski definition) is 1. The molecule has 0 aliphatic heterocycles. The van der Waals surface area contributed by atoms with Crippen LogP contribution in [0.1, 0.15) is 0 Å². The van der Waals surface area contributed by atoms with Crippen molar-refractivity contribution in [2.75, 3.05) is 0 Å². The summed E-state index contributed by atoms with van der Waals surface area (Å²) < 4.78 is 2.12. The molecule has 0 bridgehead atoms. The fraction of sp³-hybridized carbons (Fsp3) is 0. The van der Waals surface area contributed by atoms with Crippen LogP contribution in [0.2, 0.25) is 0 Å². The van der Waals surface area contributed by atoms with Crippen molar-refractivity contribution >= 4 is 16.4 Å². The van der Waals surface area contributed by atoms with Crippen LogP contribution in [-0.4, -0.2) is 9.38 Å². The largest absolute Gasteiger partial charge is 0.361 e. The molecule has 3 heterocycles. The van der Waals surface area contributed by atoms with Crippen molar-refractivity contribution in [3.63, 3.8) is 0 Å². The quantitative estimate of drug-likeness (QED) is 0.516. The molecule has 3 aromatic heterocycles. The Morgan fingerprint density at radius 1 is 1.25 bits per heavy atom. The van der Waals surface area contributed by atoms with E-state index in [1.54, 1.807) is 0 Å². The van der Waals surface area contributed by atoms with Gasteiger partial charge in [-0.2, -0.15) is 0 Å². The number of nitrogens with one attached hydrogen (secondary N) is 1. The third kappa shape index (κ3) is 0.639. The predicted molar refractivity (Wildman–Crippen MR) is 49.3 cm³/mol. The Morgan fingerprint density at radius 2 is 2.25 bits per heavy atom. The molecule has 0 aliphatic carbocycles. The van der Waals surface area contributed by atoms with E-state index in [1.165, 1.54) is 16.4 Å². The molecule has 2 heteroatoms. The van der Waals surface area contributed by atoms with E-state index in [0.717, 1.165) is 0 Å². The monoisotopic (exact) mass is 156 g/mol. The average molecular weight is 156 g/mol. The molecule has 0 fully saturated rings. The van der Waals surface area contributed by atoms with Crippen molar-refractivity contribution in [1.82, 2.24) is 9.38 Å². The molecule has 0 radical (unpaired) electrons. The maximum absolute atomic E-state index is 3.19. The van der Waals surface area contributed by atoms with Gasteiger partial charge in [0.2, 0.25) is 0 Å². The second-order valence-corrected chi connectivity index (χ2v) is 2.96. The topological polar surface area (TPSA) is 20.2 Å². The zero-order chi connectivity index (χ0) is 7.97. The molecular formula is C10H8N2. The van der Waals surface area contributed by atoms with Crippen LogP contribution in [0, 0.1) is 0 Å². The summed E-state index contributed by atoms with van der Waals surface area (Å²) >= 11 is 0. The molecule has 58 valence electrons. The minimum Gasteiger partial charge on any atom is -0.361 e. The van der Waals surface area contributed by atoms with Gasteiger partial charge in [0.1, 0.15) is 0 Å². The van der Waals surface area contributed by atoms with Crippen LogP contribution >= 0.6 is 0 Å². The van der Waals surface area contributed by atoms with E-state index < -0.39 is 0 Å². The second kappa shape index (κ2) is 1.91. The van der Waals surface area contributed by atoms with Gasteiger partial charge in [0.05, 0.1) is 0 Å². The summed E-state index contributed by atoms with van der Waals surface area (Å²) in [6.07, 6.45) is 6.15. The summed E-state index contributed by atoms with van der Waals surface area (Å²) in [6.45, 7) is 0. The van der Waals surface area contributed by atoms with Crippen LogP contribution in [0.25, 0.3) is 16.4 Å². The summed E-state index contributed by atoms with van der Waals surface area (Å²) in [6, 6.07) is 8.37. The summed E-state index contributed by atoms with van der Waals surface area (Å²) in [4.78, 5) is 3.19. The predicted octanol–water partition coefficient (Wildman–Crippen LogP) is 2.42. The number of H-pyrrole nitrogens is 1. The standard InChI is InChI=1S/C10H8N2/c1-2-9-6-10-8(3-4-11-10)7-12(9)5-1/h1-7,11H. The number of nitrogens with zero attached hydrogens (tertiary/aromatic N) is 1. The van der Waals surface area contributed by atoms with Crippen LogP contribution < -0.4 is 0 Å². The number of aromatic nitrogens is 2. The minimum atomic E-state index is 1.20. The van der Waals surface area contributed by atoms with Crippen LogP contribution in [0.15, 0.2) is 42.9 Å². The number of fused-ring (bicyclic) bond motifs is 2. The van der Waals surface area contributed by atoms with E-state index in [1.807, 2.05) is 12.3 Å². The highest BCUT2D eigenvalue weighted by Crippen LogP contribution is 2.15. The van der Waals surface area contributed by atoms with Gasteiger partial charge in [-0.25, -0.2) is 0 Å². The number of pyridine rings is 1. The molecule has 0 atom stereocenters. The Kier molecular flexibility index (Phi) is 0.939. The maximum Gasteiger partial charge on any atom is 0.0489 e. The lowest BCUT2D eigenvalue weighted by Crippen LogP contribution is -1.79. The van der Waals surface area contributed by atoms with Gasteiger partial charge < -0.3 is 9.38 Å². The first-order chi connectivity index (χ1) is 5.93. The van der Waals surface area contributed by atoms with Gasteiger partial charge in [-0.05, 0) is 24.3 Å². The Labute approximate surface area is 69.4 Å². The number of aromatic amines is 1. The van der Waals surface area contributed by atoms with Crippen molar-refractivity contribution in [3.05, 3.63) is 42.9 Å².